The van der Waals surface area contributed by atoms with Crippen molar-refractivity contribution in [2.45, 2.75) is 13.1 Å². The van der Waals surface area contributed by atoms with Crippen LogP contribution in [0, 0.1) is 11.6 Å². The molecule has 3 aromatic heterocycles. The maximum absolute atomic E-state index is 13.5. The first-order valence-electron chi connectivity index (χ1n) is 11.6. The van der Waals surface area contributed by atoms with Gasteiger partial charge in [0.1, 0.15) is 11.6 Å². The van der Waals surface area contributed by atoms with Gasteiger partial charge in [-0.25, -0.2) is 13.8 Å². The molecule has 0 unspecified atom stereocenters. The van der Waals surface area contributed by atoms with Crippen LogP contribution in [0.15, 0.2) is 73.1 Å². The van der Waals surface area contributed by atoms with E-state index in [0.29, 0.717) is 29.4 Å². The van der Waals surface area contributed by atoms with Crippen LogP contribution in [0.4, 0.5) is 20.3 Å². The van der Waals surface area contributed by atoms with Gasteiger partial charge in [0.2, 0.25) is 0 Å². The molecule has 5 rings (SSSR count). The predicted octanol–water partition coefficient (Wildman–Crippen LogP) is 5.77. The van der Waals surface area contributed by atoms with E-state index in [1.807, 2.05) is 30.3 Å². The monoisotopic (exact) mass is 531 g/mol. The molecule has 0 atom stereocenters. The van der Waals surface area contributed by atoms with Crippen LogP contribution in [0.3, 0.4) is 0 Å². The molecule has 0 saturated heterocycles. The molecule has 0 aliphatic carbocycles. The second kappa shape index (κ2) is 10.8. The third-order valence-corrected chi connectivity index (χ3v) is 7.07. The predicted molar refractivity (Wildman–Crippen MR) is 145 cm³/mol. The number of thiophene rings is 1. The lowest BCUT2D eigenvalue weighted by atomic mass is 10.1. The Morgan fingerprint density at radius 1 is 1.00 bits per heavy atom. The lowest BCUT2D eigenvalue weighted by Crippen LogP contribution is -2.24. The SMILES string of the molecule is COc1cnc(NCc2ccc(-c3ccc4nccc(N)c4c3)s2)c(C(=O)NCc2ccc(F)c(F)c2)c1. The van der Waals surface area contributed by atoms with Crippen LogP contribution in [0.2, 0.25) is 0 Å². The molecular weight excluding hydrogens is 508 g/mol. The standard InChI is InChI=1S/C28H23F2N5O2S/c1-37-18-12-21(28(36)35-13-16-2-5-22(29)23(30)10-16)27(33-14-18)34-15-19-4-7-26(38-19)17-3-6-25-20(11-17)24(31)8-9-32-25/h2-12,14H,13,15H2,1H3,(H2,31,32)(H,33,34)(H,35,36). The summed E-state index contributed by atoms with van der Waals surface area (Å²) >= 11 is 1.61. The first kappa shape index (κ1) is 25.1. The number of aromatic nitrogens is 2. The Morgan fingerprint density at radius 3 is 2.68 bits per heavy atom. The van der Waals surface area contributed by atoms with E-state index in [2.05, 4.69) is 20.6 Å². The molecule has 0 radical (unpaired) electrons. The van der Waals surface area contributed by atoms with Crippen molar-refractivity contribution < 1.29 is 18.3 Å². The molecule has 7 nitrogen and oxygen atoms in total. The number of nitrogens with one attached hydrogen (secondary N) is 2. The summed E-state index contributed by atoms with van der Waals surface area (Å²) in [6.07, 6.45) is 3.21. The molecule has 0 bridgehead atoms. The maximum atomic E-state index is 13.5. The second-order valence-corrected chi connectivity index (χ2v) is 9.62. The Labute approximate surface area is 221 Å². The quantitative estimate of drug-likeness (QED) is 0.235. The van der Waals surface area contributed by atoms with E-state index in [4.69, 9.17) is 10.5 Å². The van der Waals surface area contributed by atoms with E-state index >= 15 is 0 Å². The van der Waals surface area contributed by atoms with E-state index in [1.54, 1.807) is 29.7 Å². The van der Waals surface area contributed by atoms with Crippen LogP contribution in [0.25, 0.3) is 21.3 Å². The number of halogens is 2. The lowest BCUT2D eigenvalue weighted by molar-refractivity contribution is 0.0951. The van der Waals surface area contributed by atoms with Gasteiger partial charge in [0.25, 0.3) is 5.91 Å². The van der Waals surface area contributed by atoms with Crippen molar-refractivity contribution in [1.82, 2.24) is 15.3 Å². The number of anilines is 2. The Bertz CT molecular complexity index is 1640. The molecule has 10 heteroatoms. The topological polar surface area (TPSA) is 102 Å². The zero-order chi connectivity index (χ0) is 26.6. The van der Waals surface area contributed by atoms with Gasteiger partial charge in [-0.1, -0.05) is 12.1 Å². The summed E-state index contributed by atoms with van der Waals surface area (Å²) in [5, 5.41) is 6.85. The molecule has 5 aromatic rings. The van der Waals surface area contributed by atoms with Crippen LogP contribution >= 0.6 is 11.3 Å². The van der Waals surface area contributed by atoms with E-state index in [-0.39, 0.29) is 12.1 Å². The number of carbonyl (C=O) groups is 1. The highest BCUT2D eigenvalue weighted by molar-refractivity contribution is 7.15. The summed E-state index contributed by atoms with van der Waals surface area (Å²) in [7, 11) is 1.48. The average Bonchev–Trinajstić information content (AvgIpc) is 3.41. The largest absolute Gasteiger partial charge is 0.495 e. The van der Waals surface area contributed by atoms with Crippen LogP contribution in [-0.4, -0.2) is 23.0 Å². The van der Waals surface area contributed by atoms with Crippen molar-refractivity contribution >= 4 is 39.7 Å². The minimum Gasteiger partial charge on any atom is -0.495 e. The Morgan fingerprint density at radius 2 is 1.87 bits per heavy atom. The van der Waals surface area contributed by atoms with Crippen molar-refractivity contribution in [3.8, 4) is 16.2 Å². The molecule has 1 amide bonds. The van der Waals surface area contributed by atoms with E-state index in [1.165, 1.54) is 19.4 Å². The summed E-state index contributed by atoms with van der Waals surface area (Å²) < 4.78 is 31.9. The van der Waals surface area contributed by atoms with Gasteiger partial charge in [-0.15, -0.1) is 11.3 Å². The average molecular weight is 532 g/mol. The minimum absolute atomic E-state index is 0.0206. The molecule has 0 fully saturated rings. The van der Waals surface area contributed by atoms with Gasteiger partial charge in [-0.2, -0.15) is 0 Å². The third kappa shape index (κ3) is 5.40. The highest BCUT2D eigenvalue weighted by Crippen LogP contribution is 2.32. The van der Waals surface area contributed by atoms with Crippen molar-refractivity contribution in [3.05, 3.63) is 101 Å². The number of pyridine rings is 2. The number of nitrogens with two attached hydrogens (primary N) is 1. The molecule has 0 saturated carbocycles. The van der Waals surface area contributed by atoms with E-state index < -0.39 is 17.5 Å². The number of carbonyl (C=O) groups excluding carboxylic acids is 1. The van der Waals surface area contributed by atoms with Gasteiger partial charge < -0.3 is 21.1 Å². The van der Waals surface area contributed by atoms with Gasteiger partial charge in [0.05, 0.1) is 30.9 Å². The van der Waals surface area contributed by atoms with Crippen LogP contribution in [0.1, 0.15) is 20.8 Å². The molecule has 0 aliphatic heterocycles. The fourth-order valence-corrected chi connectivity index (χ4v) is 4.86. The summed E-state index contributed by atoms with van der Waals surface area (Å²) in [6, 6.07) is 16.9. The number of ether oxygens (including phenoxy) is 1. The minimum atomic E-state index is -0.971. The van der Waals surface area contributed by atoms with Crippen molar-refractivity contribution in [3.63, 3.8) is 0 Å². The Balaban J connectivity index is 1.30. The molecule has 2 aromatic carbocycles. The smallest absolute Gasteiger partial charge is 0.255 e. The normalized spacial score (nSPS) is 10.9. The van der Waals surface area contributed by atoms with Gasteiger partial charge in [-0.3, -0.25) is 9.78 Å². The summed E-state index contributed by atoms with van der Waals surface area (Å²) in [5.41, 5.74) is 9.37. The molecule has 38 heavy (non-hydrogen) atoms. The number of nitrogen functional groups attached to an aromatic ring is 1. The number of amides is 1. The van der Waals surface area contributed by atoms with Crippen molar-refractivity contribution in [2.75, 3.05) is 18.2 Å². The lowest BCUT2D eigenvalue weighted by Gasteiger charge is -2.12. The highest BCUT2D eigenvalue weighted by atomic mass is 32.1. The van der Waals surface area contributed by atoms with Crippen molar-refractivity contribution in [1.29, 1.82) is 0 Å². The number of methoxy groups -OCH3 is 1. The highest BCUT2D eigenvalue weighted by Gasteiger charge is 2.15. The van der Waals surface area contributed by atoms with Gasteiger partial charge in [0, 0.05) is 33.6 Å². The zero-order valence-corrected chi connectivity index (χ0v) is 21.1. The second-order valence-electron chi connectivity index (χ2n) is 8.45. The molecule has 4 N–H and O–H groups in total. The Kier molecular flexibility index (Phi) is 7.14. The summed E-state index contributed by atoms with van der Waals surface area (Å²) in [5.74, 6) is -1.56. The number of hydrogen-bond donors (Lipinski definition) is 3. The van der Waals surface area contributed by atoms with E-state index in [9.17, 15) is 13.6 Å². The van der Waals surface area contributed by atoms with Crippen LogP contribution in [-0.2, 0) is 13.1 Å². The first-order valence-corrected chi connectivity index (χ1v) is 12.5. The van der Waals surface area contributed by atoms with Gasteiger partial charge >= 0.3 is 0 Å². The number of hydrogen-bond acceptors (Lipinski definition) is 7. The molecule has 3 heterocycles. The summed E-state index contributed by atoms with van der Waals surface area (Å²) in [4.78, 5) is 23.8. The maximum Gasteiger partial charge on any atom is 0.255 e. The number of fused-ring (bicyclic) bond motifs is 1. The first-order chi connectivity index (χ1) is 18.4. The third-order valence-electron chi connectivity index (χ3n) is 5.93. The summed E-state index contributed by atoms with van der Waals surface area (Å²) in [6.45, 7) is 0.456. The van der Waals surface area contributed by atoms with Crippen molar-refractivity contribution in [2.24, 2.45) is 0 Å². The number of rotatable bonds is 8. The van der Waals surface area contributed by atoms with Crippen LogP contribution < -0.4 is 21.1 Å². The number of nitrogens with zero attached hydrogens (tertiary/aromatic N) is 2. The molecule has 192 valence electrons. The molecule has 0 spiro atoms. The van der Waals surface area contributed by atoms with Crippen LogP contribution in [0.5, 0.6) is 5.75 Å². The number of benzene rings is 2. The fourth-order valence-electron chi connectivity index (χ4n) is 3.92. The molecular formula is C28H23F2N5O2S. The Hall–Kier alpha value is -4.57. The van der Waals surface area contributed by atoms with Gasteiger partial charge in [0.15, 0.2) is 11.6 Å². The molecule has 0 aliphatic rings. The zero-order valence-electron chi connectivity index (χ0n) is 20.3. The van der Waals surface area contributed by atoms with Gasteiger partial charge in [-0.05, 0) is 59.7 Å². The van der Waals surface area contributed by atoms with E-state index in [0.717, 1.165) is 38.4 Å². The fraction of sp³-hybridized carbons (Fsp3) is 0.107.